The fourth-order valence-corrected chi connectivity index (χ4v) is 2.80. The summed E-state index contributed by atoms with van der Waals surface area (Å²) in [5.74, 6) is 1.94. The first-order chi connectivity index (χ1) is 8.45. The van der Waals surface area contributed by atoms with Crippen molar-refractivity contribution in [1.82, 2.24) is 5.32 Å². The number of hydrogen-bond acceptors (Lipinski definition) is 1. The van der Waals surface area contributed by atoms with Gasteiger partial charge in [0.05, 0.1) is 0 Å². The van der Waals surface area contributed by atoms with Crippen molar-refractivity contribution in [2.45, 2.75) is 53.0 Å². The van der Waals surface area contributed by atoms with Gasteiger partial charge in [-0.25, -0.2) is 0 Å². The average Bonchev–Trinajstić information content (AvgIpc) is 2.29. The molecule has 1 rings (SSSR count). The van der Waals surface area contributed by atoms with Crippen molar-refractivity contribution < 1.29 is 0 Å². The second kappa shape index (κ2) is 6.94. The van der Waals surface area contributed by atoms with Crippen LogP contribution >= 0.6 is 0 Å². The molecule has 0 bridgehead atoms. The fourth-order valence-electron chi connectivity index (χ4n) is 2.80. The standard InChI is InChI=1S/C17H29N/c1-12(2)11-15-7-9-16(10-8-15)14(5)17(18-6)13(3)4/h7-10,12-14,17-18H,11H2,1-6H3. The summed E-state index contributed by atoms with van der Waals surface area (Å²) in [6.45, 7) is 11.4. The fraction of sp³-hybridized carbons (Fsp3) is 0.647. The van der Waals surface area contributed by atoms with E-state index in [1.807, 2.05) is 0 Å². The number of hydrogen-bond donors (Lipinski definition) is 1. The number of rotatable bonds is 6. The summed E-state index contributed by atoms with van der Waals surface area (Å²) in [6, 6.07) is 9.73. The van der Waals surface area contributed by atoms with Gasteiger partial charge in [0.1, 0.15) is 0 Å². The van der Waals surface area contributed by atoms with Gasteiger partial charge in [0.15, 0.2) is 0 Å². The van der Waals surface area contributed by atoms with Crippen molar-refractivity contribution in [2.24, 2.45) is 11.8 Å². The summed E-state index contributed by atoms with van der Waals surface area (Å²) in [6.07, 6.45) is 1.17. The van der Waals surface area contributed by atoms with Gasteiger partial charge in [0.25, 0.3) is 0 Å². The first kappa shape index (κ1) is 15.2. The maximum absolute atomic E-state index is 3.45. The van der Waals surface area contributed by atoms with E-state index in [0.717, 1.165) is 5.92 Å². The molecule has 0 aliphatic carbocycles. The Morgan fingerprint density at radius 2 is 1.50 bits per heavy atom. The van der Waals surface area contributed by atoms with Crippen LogP contribution in [0.2, 0.25) is 0 Å². The van der Waals surface area contributed by atoms with Gasteiger partial charge < -0.3 is 5.32 Å². The summed E-state index contributed by atoms with van der Waals surface area (Å²) < 4.78 is 0. The summed E-state index contributed by atoms with van der Waals surface area (Å²) in [5.41, 5.74) is 2.89. The highest BCUT2D eigenvalue weighted by Gasteiger charge is 2.20. The van der Waals surface area contributed by atoms with Crippen molar-refractivity contribution in [3.8, 4) is 0 Å². The summed E-state index contributed by atoms with van der Waals surface area (Å²) in [4.78, 5) is 0. The average molecular weight is 247 g/mol. The van der Waals surface area contributed by atoms with E-state index >= 15 is 0 Å². The molecule has 102 valence electrons. The van der Waals surface area contributed by atoms with Gasteiger partial charge in [-0.1, -0.05) is 58.9 Å². The van der Waals surface area contributed by atoms with Gasteiger partial charge in [-0.3, -0.25) is 0 Å². The zero-order valence-electron chi connectivity index (χ0n) is 12.8. The monoisotopic (exact) mass is 247 g/mol. The van der Waals surface area contributed by atoms with Gasteiger partial charge in [0, 0.05) is 6.04 Å². The minimum Gasteiger partial charge on any atom is -0.316 e. The van der Waals surface area contributed by atoms with Crippen molar-refractivity contribution in [1.29, 1.82) is 0 Å². The molecule has 1 aromatic carbocycles. The molecule has 2 unspecified atom stereocenters. The Morgan fingerprint density at radius 3 is 1.89 bits per heavy atom. The zero-order chi connectivity index (χ0) is 13.7. The lowest BCUT2D eigenvalue weighted by atomic mass is 9.86. The van der Waals surface area contributed by atoms with Crippen LogP contribution in [0.5, 0.6) is 0 Å². The van der Waals surface area contributed by atoms with Crippen molar-refractivity contribution in [3.63, 3.8) is 0 Å². The van der Waals surface area contributed by atoms with E-state index in [1.165, 1.54) is 17.5 Å². The van der Waals surface area contributed by atoms with Crippen molar-refractivity contribution in [3.05, 3.63) is 35.4 Å². The Morgan fingerprint density at radius 1 is 0.944 bits per heavy atom. The second-order valence-corrected chi connectivity index (χ2v) is 6.19. The molecule has 0 aromatic heterocycles. The molecule has 1 aromatic rings. The lowest BCUT2D eigenvalue weighted by Crippen LogP contribution is -2.35. The summed E-state index contributed by atoms with van der Waals surface area (Å²) >= 11 is 0. The highest BCUT2D eigenvalue weighted by molar-refractivity contribution is 5.26. The molecule has 0 aliphatic rings. The Hall–Kier alpha value is -0.820. The molecular formula is C17H29N. The Balaban J connectivity index is 2.77. The van der Waals surface area contributed by atoms with Crippen molar-refractivity contribution in [2.75, 3.05) is 7.05 Å². The Bertz CT molecular complexity index is 337. The third-order valence-corrected chi connectivity index (χ3v) is 3.74. The Kier molecular flexibility index (Phi) is 5.87. The third-order valence-electron chi connectivity index (χ3n) is 3.74. The van der Waals surface area contributed by atoms with Crippen LogP contribution in [0.4, 0.5) is 0 Å². The van der Waals surface area contributed by atoms with E-state index in [-0.39, 0.29) is 0 Å². The molecule has 0 amide bonds. The van der Waals surface area contributed by atoms with Gasteiger partial charge in [-0.2, -0.15) is 0 Å². The van der Waals surface area contributed by atoms with E-state index in [4.69, 9.17) is 0 Å². The smallest absolute Gasteiger partial charge is 0.0153 e. The number of likely N-dealkylation sites (N-methyl/N-ethyl adjacent to an activating group) is 1. The SMILES string of the molecule is CNC(C(C)C)C(C)c1ccc(CC(C)C)cc1. The second-order valence-electron chi connectivity index (χ2n) is 6.19. The molecule has 1 nitrogen and oxygen atoms in total. The van der Waals surface area contributed by atoms with Crippen LogP contribution in [0.15, 0.2) is 24.3 Å². The topological polar surface area (TPSA) is 12.0 Å². The number of nitrogens with one attached hydrogen (secondary N) is 1. The largest absolute Gasteiger partial charge is 0.316 e. The third kappa shape index (κ3) is 4.13. The molecule has 0 aliphatic heterocycles. The molecule has 0 heterocycles. The zero-order valence-corrected chi connectivity index (χ0v) is 12.8. The van der Waals surface area contributed by atoms with E-state index in [2.05, 4.69) is 71.2 Å². The molecule has 0 fully saturated rings. The van der Waals surface area contributed by atoms with Gasteiger partial charge in [0.2, 0.25) is 0 Å². The van der Waals surface area contributed by atoms with E-state index in [9.17, 15) is 0 Å². The van der Waals surface area contributed by atoms with Gasteiger partial charge in [-0.05, 0) is 42.3 Å². The van der Waals surface area contributed by atoms with Crippen LogP contribution in [0, 0.1) is 11.8 Å². The summed E-state index contributed by atoms with van der Waals surface area (Å²) in [5, 5.41) is 3.45. The van der Waals surface area contributed by atoms with Crippen LogP contribution in [-0.2, 0) is 6.42 Å². The molecule has 1 N–H and O–H groups in total. The normalized spacial score (nSPS) is 15.1. The number of benzene rings is 1. The van der Waals surface area contributed by atoms with Crippen molar-refractivity contribution >= 4 is 0 Å². The predicted octanol–water partition coefficient (Wildman–Crippen LogP) is 4.23. The highest BCUT2D eigenvalue weighted by atomic mass is 14.9. The van der Waals surface area contributed by atoms with E-state index < -0.39 is 0 Å². The molecule has 0 radical (unpaired) electrons. The first-order valence-corrected chi connectivity index (χ1v) is 7.21. The van der Waals surface area contributed by atoms with Crippen LogP contribution in [0.1, 0.15) is 51.7 Å². The van der Waals surface area contributed by atoms with Crippen LogP contribution in [-0.4, -0.2) is 13.1 Å². The molecule has 0 saturated carbocycles. The quantitative estimate of drug-likeness (QED) is 0.793. The molecule has 0 spiro atoms. The van der Waals surface area contributed by atoms with E-state index in [1.54, 1.807) is 0 Å². The van der Waals surface area contributed by atoms with Gasteiger partial charge >= 0.3 is 0 Å². The van der Waals surface area contributed by atoms with Crippen LogP contribution in [0.3, 0.4) is 0 Å². The maximum Gasteiger partial charge on any atom is 0.0153 e. The Labute approximate surface area is 113 Å². The minimum atomic E-state index is 0.543. The lowest BCUT2D eigenvalue weighted by Gasteiger charge is -2.27. The highest BCUT2D eigenvalue weighted by Crippen LogP contribution is 2.24. The first-order valence-electron chi connectivity index (χ1n) is 7.21. The van der Waals surface area contributed by atoms with Crippen LogP contribution < -0.4 is 5.32 Å². The summed E-state index contributed by atoms with van der Waals surface area (Å²) in [7, 11) is 2.06. The predicted molar refractivity (Wildman–Crippen MR) is 81.1 cm³/mol. The van der Waals surface area contributed by atoms with E-state index in [0.29, 0.717) is 17.9 Å². The molecule has 1 heteroatoms. The molecule has 2 atom stereocenters. The lowest BCUT2D eigenvalue weighted by molar-refractivity contribution is 0.376. The maximum atomic E-state index is 3.45. The van der Waals surface area contributed by atoms with Gasteiger partial charge in [-0.15, -0.1) is 0 Å². The molecule has 0 saturated heterocycles. The molecular weight excluding hydrogens is 218 g/mol. The molecule has 18 heavy (non-hydrogen) atoms. The van der Waals surface area contributed by atoms with Crippen LogP contribution in [0.25, 0.3) is 0 Å². The minimum absolute atomic E-state index is 0.543.